The molecule has 4 heteroatoms. The Kier molecular flexibility index (Phi) is 2.40. The third kappa shape index (κ3) is 1.79. The number of carbonyl (C=O) groups excluding carboxylic acids is 1. The van der Waals surface area contributed by atoms with Gasteiger partial charge in [-0.25, -0.2) is 9.48 Å². The minimum Gasteiger partial charge on any atom is -0.369 e. The van der Waals surface area contributed by atoms with Gasteiger partial charge in [0.2, 0.25) is 5.91 Å². The molecule has 1 atom stereocenters. The van der Waals surface area contributed by atoms with Gasteiger partial charge in [0.05, 0.1) is 18.8 Å². The quantitative estimate of drug-likeness (QED) is 0.601. The lowest BCUT2D eigenvalue weighted by atomic mass is 10.3. The van der Waals surface area contributed by atoms with Gasteiger partial charge in [-0.1, -0.05) is 0 Å². The molecule has 0 spiro atoms. The van der Waals surface area contributed by atoms with Gasteiger partial charge in [0, 0.05) is 0 Å². The summed E-state index contributed by atoms with van der Waals surface area (Å²) in [5, 5.41) is 0. The van der Waals surface area contributed by atoms with Crippen LogP contribution in [-0.2, 0) is 4.79 Å². The maximum absolute atomic E-state index is 10.5. The molecule has 1 aliphatic rings. The Balaban J connectivity index is 2.57. The molecule has 12 heavy (non-hydrogen) atoms. The van der Waals surface area contributed by atoms with Crippen LogP contribution in [0.4, 0.5) is 0 Å². The summed E-state index contributed by atoms with van der Waals surface area (Å²) in [4.78, 5) is 14.5. The molecular weight excluding hydrogens is 154 g/mol. The molecule has 0 bridgehead atoms. The summed E-state index contributed by atoms with van der Waals surface area (Å²) >= 11 is 0. The lowest BCUT2D eigenvalue weighted by Crippen LogP contribution is -2.36. The largest absolute Gasteiger partial charge is 0.369 e. The Morgan fingerprint density at radius 1 is 1.75 bits per heavy atom. The summed E-state index contributed by atoms with van der Waals surface area (Å²) in [5.41, 5.74) is 5.03. The molecule has 1 amide bonds. The van der Waals surface area contributed by atoms with Crippen molar-refractivity contribution in [3.63, 3.8) is 0 Å². The van der Waals surface area contributed by atoms with Gasteiger partial charge in [-0.05, 0) is 6.58 Å². The van der Waals surface area contributed by atoms with Crippen LogP contribution in [0.25, 0.3) is 0 Å². The molecule has 1 unspecified atom stereocenters. The van der Waals surface area contributed by atoms with Crippen LogP contribution in [-0.4, -0.2) is 23.3 Å². The van der Waals surface area contributed by atoms with Gasteiger partial charge in [-0.15, -0.1) is 0 Å². The SMILES string of the molecule is C=C[N+]1(CCC(N)=O)C=CN=C1. The average Bonchev–Trinajstić information content (AvgIpc) is 2.50. The van der Waals surface area contributed by atoms with Crippen LogP contribution in [0.15, 0.2) is 30.2 Å². The maximum Gasteiger partial charge on any atom is 0.223 e. The zero-order chi connectivity index (χ0) is 9.03. The zero-order valence-electron chi connectivity index (χ0n) is 6.81. The van der Waals surface area contributed by atoms with Crippen LogP contribution < -0.4 is 5.73 Å². The number of amides is 1. The Hall–Kier alpha value is -1.42. The second kappa shape index (κ2) is 3.32. The van der Waals surface area contributed by atoms with E-state index in [1.54, 1.807) is 18.7 Å². The van der Waals surface area contributed by atoms with E-state index in [9.17, 15) is 4.79 Å². The molecule has 0 saturated carbocycles. The minimum absolute atomic E-state index is 0.303. The van der Waals surface area contributed by atoms with E-state index >= 15 is 0 Å². The van der Waals surface area contributed by atoms with Crippen LogP contribution in [0.2, 0.25) is 0 Å². The van der Waals surface area contributed by atoms with Crippen LogP contribution >= 0.6 is 0 Å². The molecule has 1 aliphatic heterocycles. The molecule has 1 heterocycles. The number of carbonyl (C=O) groups is 1. The predicted octanol–water partition coefficient (Wildman–Crippen LogP) is 0.335. The molecule has 0 saturated heterocycles. The standard InChI is InChI=1S/C8H11N3O/c1-2-11(5-3-8(9)12)6-4-10-7-11/h2,4,6-7H,1,3,5H2,(H-,9,12)/p+1. The summed E-state index contributed by atoms with van der Waals surface area (Å²) in [6.07, 6.45) is 7.31. The molecule has 0 aromatic carbocycles. The molecule has 1 rings (SSSR count). The van der Waals surface area contributed by atoms with Gasteiger partial charge in [0.15, 0.2) is 6.34 Å². The van der Waals surface area contributed by atoms with E-state index in [1.165, 1.54) is 0 Å². The van der Waals surface area contributed by atoms with Crippen LogP contribution in [0.3, 0.4) is 0 Å². The number of nitrogens with zero attached hydrogens (tertiary/aromatic N) is 2. The van der Waals surface area contributed by atoms with Crippen molar-refractivity contribution in [2.45, 2.75) is 6.42 Å². The van der Waals surface area contributed by atoms with Gasteiger partial charge in [-0.2, -0.15) is 0 Å². The van der Waals surface area contributed by atoms with E-state index in [1.807, 2.05) is 6.20 Å². The monoisotopic (exact) mass is 166 g/mol. The van der Waals surface area contributed by atoms with Crippen molar-refractivity contribution in [3.8, 4) is 0 Å². The molecule has 64 valence electrons. The van der Waals surface area contributed by atoms with Crippen molar-refractivity contribution >= 4 is 12.2 Å². The Morgan fingerprint density at radius 3 is 2.92 bits per heavy atom. The van der Waals surface area contributed by atoms with Crippen molar-refractivity contribution in [1.29, 1.82) is 0 Å². The van der Waals surface area contributed by atoms with E-state index in [4.69, 9.17) is 5.73 Å². The molecule has 0 radical (unpaired) electrons. The highest BCUT2D eigenvalue weighted by atomic mass is 16.1. The van der Waals surface area contributed by atoms with Crippen molar-refractivity contribution in [3.05, 3.63) is 25.2 Å². The van der Waals surface area contributed by atoms with Crippen LogP contribution in [0.1, 0.15) is 6.42 Å². The number of hydrogen-bond donors (Lipinski definition) is 1. The fourth-order valence-electron chi connectivity index (χ4n) is 0.999. The number of primary amides is 1. The van der Waals surface area contributed by atoms with E-state index < -0.39 is 0 Å². The minimum atomic E-state index is -0.303. The Morgan fingerprint density at radius 2 is 2.50 bits per heavy atom. The van der Waals surface area contributed by atoms with Crippen LogP contribution in [0.5, 0.6) is 0 Å². The van der Waals surface area contributed by atoms with Gasteiger partial charge < -0.3 is 5.73 Å². The van der Waals surface area contributed by atoms with E-state index in [0.717, 1.165) is 0 Å². The van der Waals surface area contributed by atoms with Crippen LogP contribution in [0, 0.1) is 0 Å². The van der Waals surface area contributed by atoms with Gasteiger partial charge in [-0.3, -0.25) is 4.79 Å². The molecule has 4 nitrogen and oxygen atoms in total. The van der Waals surface area contributed by atoms with Crippen molar-refractivity contribution in [2.75, 3.05) is 6.54 Å². The third-order valence-corrected chi connectivity index (χ3v) is 1.80. The Bertz CT molecular complexity index is 243. The lowest BCUT2D eigenvalue weighted by molar-refractivity contribution is -0.720. The predicted molar refractivity (Wildman–Crippen MR) is 46.8 cm³/mol. The first-order chi connectivity index (χ1) is 5.68. The fraction of sp³-hybridized carbons (Fsp3) is 0.250. The third-order valence-electron chi connectivity index (χ3n) is 1.80. The first kappa shape index (κ1) is 8.67. The number of rotatable bonds is 4. The number of hydrogen-bond acceptors (Lipinski definition) is 2. The van der Waals surface area contributed by atoms with Gasteiger partial charge in [0.1, 0.15) is 12.7 Å². The normalized spacial score (nSPS) is 26.0. The molecule has 0 aromatic rings. The molecular formula is C8H12N3O+. The molecule has 0 fully saturated rings. The number of aliphatic imine (C=N–C) groups is 1. The smallest absolute Gasteiger partial charge is 0.223 e. The summed E-state index contributed by atoms with van der Waals surface area (Å²) < 4.78 is 0.406. The summed E-state index contributed by atoms with van der Waals surface area (Å²) in [6.45, 7) is 4.27. The van der Waals surface area contributed by atoms with E-state index in [2.05, 4.69) is 11.6 Å². The lowest BCUT2D eigenvalue weighted by Gasteiger charge is -2.20. The van der Waals surface area contributed by atoms with Gasteiger partial charge in [0.25, 0.3) is 0 Å². The molecule has 0 aliphatic carbocycles. The topological polar surface area (TPSA) is 55.5 Å². The highest BCUT2D eigenvalue weighted by molar-refractivity contribution is 5.74. The second-order valence-corrected chi connectivity index (χ2v) is 2.68. The second-order valence-electron chi connectivity index (χ2n) is 2.68. The summed E-state index contributed by atoms with van der Waals surface area (Å²) in [6, 6.07) is 0. The van der Waals surface area contributed by atoms with Crippen molar-refractivity contribution in [2.24, 2.45) is 10.7 Å². The number of quaternary nitrogens is 1. The summed E-state index contributed by atoms with van der Waals surface area (Å²) in [5.74, 6) is -0.303. The highest BCUT2D eigenvalue weighted by Gasteiger charge is 2.22. The van der Waals surface area contributed by atoms with E-state index in [0.29, 0.717) is 17.4 Å². The number of nitrogens with two attached hydrogens (primary N) is 1. The zero-order valence-corrected chi connectivity index (χ0v) is 6.81. The first-order valence-corrected chi connectivity index (χ1v) is 3.70. The highest BCUT2D eigenvalue weighted by Crippen LogP contribution is 2.11. The fourth-order valence-corrected chi connectivity index (χ4v) is 0.999. The molecule has 2 N–H and O–H groups in total. The maximum atomic E-state index is 10.5. The first-order valence-electron chi connectivity index (χ1n) is 3.70. The summed E-state index contributed by atoms with van der Waals surface area (Å²) in [7, 11) is 0. The Labute approximate surface area is 71.3 Å². The van der Waals surface area contributed by atoms with Crippen molar-refractivity contribution in [1.82, 2.24) is 0 Å². The van der Waals surface area contributed by atoms with Gasteiger partial charge >= 0.3 is 0 Å². The molecule has 0 aromatic heterocycles. The van der Waals surface area contributed by atoms with E-state index in [-0.39, 0.29) is 5.91 Å². The van der Waals surface area contributed by atoms with Crippen molar-refractivity contribution < 1.29 is 9.28 Å². The average molecular weight is 166 g/mol.